The summed E-state index contributed by atoms with van der Waals surface area (Å²) in [6.45, 7) is 10.4. The number of hydrogen-bond donors (Lipinski definition) is 0. The average molecular weight is 345 g/mol. The van der Waals surface area contributed by atoms with E-state index < -0.39 is 0 Å². The highest BCUT2D eigenvalue weighted by atomic mass is 19.1. The lowest BCUT2D eigenvalue weighted by Gasteiger charge is -2.38. The summed E-state index contributed by atoms with van der Waals surface area (Å²) in [7, 11) is 1.67. The van der Waals surface area contributed by atoms with Crippen molar-refractivity contribution in [2.75, 3.05) is 7.11 Å². The van der Waals surface area contributed by atoms with E-state index in [0.29, 0.717) is 11.3 Å². The van der Waals surface area contributed by atoms with E-state index in [1.54, 1.807) is 7.11 Å². The minimum absolute atomic E-state index is 0.0810. The molecule has 4 rings (SSSR count). The lowest BCUT2D eigenvalue weighted by atomic mass is 9.66. The van der Waals surface area contributed by atoms with Crippen LogP contribution in [0.2, 0.25) is 0 Å². The van der Waals surface area contributed by atoms with Gasteiger partial charge in [-0.3, -0.25) is 0 Å². The van der Waals surface area contributed by atoms with E-state index in [-0.39, 0.29) is 5.82 Å². The summed E-state index contributed by atoms with van der Waals surface area (Å²) in [6.07, 6.45) is 6.06. The van der Waals surface area contributed by atoms with Crippen molar-refractivity contribution in [2.45, 2.75) is 72.6 Å². The van der Waals surface area contributed by atoms with Gasteiger partial charge in [-0.1, -0.05) is 41.0 Å². The first-order valence-electron chi connectivity index (χ1n) is 9.91. The molecule has 0 aliphatic heterocycles. The van der Waals surface area contributed by atoms with E-state index in [1.807, 2.05) is 52.0 Å². The van der Waals surface area contributed by atoms with Crippen LogP contribution in [0.5, 0.6) is 5.75 Å². The summed E-state index contributed by atoms with van der Waals surface area (Å²) < 4.78 is 19.9. The molecule has 2 aliphatic rings. The fraction of sp³-hybridized carbons (Fsp3) is 0.565. The van der Waals surface area contributed by atoms with Crippen LogP contribution in [-0.4, -0.2) is 7.11 Å². The summed E-state index contributed by atoms with van der Waals surface area (Å²) >= 11 is 0. The average Bonchev–Trinajstić information content (AvgIpc) is 3.07. The Labute approximate surface area is 152 Å². The number of rotatable bonds is 1. The van der Waals surface area contributed by atoms with Crippen LogP contribution >= 0.6 is 0 Å². The van der Waals surface area contributed by atoms with Crippen molar-refractivity contribution in [1.29, 1.82) is 0 Å². The van der Waals surface area contributed by atoms with Crippen molar-refractivity contribution < 1.29 is 9.13 Å². The molecule has 2 aromatic rings. The molecule has 1 nitrogen and oxygen atoms in total. The molecule has 0 amide bonds. The van der Waals surface area contributed by atoms with Crippen LogP contribution in [-0.2, 0) is 6.42 Å². The second-order valence-corrected chi connectivity index (χ2v) is 6.94. The number of methoxy groups -OCH3 is 1. The van der Waals surface area contributed by atoms with E-state index in [0.717, 1.165) is 22.9 Å². The van der Waals surface area contributed by atoms with Gasteiger partial charge in [0, 0.05) is 5.39 Å². The summed E-state index contributed by atoms with van der Waals surface area (Å²) in [5.74, 6) is 1.27. The predicted octanol–water partition coefficient (Wildman–Crippen LogP) is 7.26. The number of aryl methyl sites for hydroxylation is 1. The van der Waals surface area contributed by atoms with Crippen LogP contribution < -0.4 is 4.74 Å². The Hall–Kier alpha value is -1.57. The monoisotopic (exact) mass is 344 g/mol. The van der Waals surface area contributed by atoms with E-state index in [4.69, 9.17) is 4.74 Å². The zero-order valence-electron chi connectivity index (χ0n) is 16.7. The maximum Gasteiger partial charge on any atom is 0.131 e. The first-order chi connectivity index (χ1) is 12.1. The Morgan fingerprint density at radius 2 is 1.76 bits per heavy atom. The molecule has 2 aromatic carbocycles. The third kappa shape index (κ3) is 3.41. The van der Waals surface area contributed by atoms with Crippen molar-refractivity contribution in [2.24, 2.45) is 5.41 Å². The molecule has 2 unspecified atom stereocenters. The Morgan fingerprint density at radius 3 is 2.44 bits per heavy atom. The topological polar surface area (TPSA) is 9.23 Å². The van der Waals surface area contributed by atoms with Gasteiger partial charge in [-0.15, -0.1) is 0 Å². The smallest absolute Gasteiger partial charge is 0.131 e. The molecule has 0 N–H and O–H groups in total. The zero-order valence-corrected chi connectivity index (χ0v) is 16.7. The van der Waals surface area contributed by atoms with Gasteiger partial charge in [0.1, 0.15) is 11.6 Å². The SMILES string of the molecule is CC.CC.COc1ccc2c(F)cc3c(c2c1)CCC1(C)CCCC31. The third-order valence-electron chi connectivity index (χ3n) is 5.84. The molecule has 0 heterocycles. The van der Waals surface area contributed by atoms with Crippen LogP contribution in [0.25, 0.3) is 10.8 Å². The highest BCUT2D eigenvalue weighted by molar-refractivity contribution is 5.89. The van der Waals surface area contributed by atoms with Crippen molar-refractivity contribution in [3.05, 3.63) is 41.2 Å². The summed E-state index contributed by atoms with van der Waals surface area (Å²) in [5.41, 5.74) is 3.00. The summed E-state index contributed by atoms with van der Waals surface area (Å²) in [4.78, 5) is 0. The van der Waals surface area contributed by atoms with Gasteiger partial charge in [0.15, 0.2) is 0 Å². The molecule has 1 fully saturated rings. The molecule has 138 valence electrons. The lowest BCUT2D eigenvalue weighted by Crippen LogP contribution is -2.26. The van der Waals surface area contributed by atoms with Gasteiger partial charge in [-0.2, -0.15) is 0 Å². The minimum atomic E-state index is -0.0810. The maximum absolute atomic E-state index is 14.6. The quantitative estimate of drug-likeness (QED) is 0.529. The van der Waals surface area contributed by atoms with Crippen LogP contribution in [0.1, 0.15) is 77.3 Å². The molecule has 2 heteroatoms. The Bertz CT molecular complexity index is 722. The molecule has 2 atom stereocenters. The summed E-state index contributed by atoms with van der Waals surface area (Å²) in [6, 6.07) is 7.53. The van der Waals surface area contributed by atoms with Crippen LogP contribution in [0.15, 0.2) is 24.3 Å². The number of hydrogen-bond acceptors (Lipinski definition) is 1. The summed E-state index contributed by atoms with van der Waals surface area (Å²) in [5, 5.41) is 1.79. The number of ether oxygens (including phenoxy) is 1. The molecular weight excluding hydrogens is 311 g/mol. The molecule has 0 bridgehead atoms. The molecular formula is C23H33FO. The first-order valence-corrected chi connectivity index (χ1v) is 9.91. The Kier molecular flexibility index (Phi) is 6.48. The molecule has 25 heavy (non-hydrogen) atoms. The first kappa shape index (κ1) is 19.8. The van der Waals surface area contributed by atoms with E-state index >= 15 is 0 Å². The predicted molar refractivity (Wildman–Crippen MR) is 106 cm³/mol. The van der Waals surface area contributed by atoms with Gasteiger partial charge in [0.2, 0.25) is 0 Å². The number of halogens is 1. The lowest BCUT2D eigenvalue weighted by molar-refractivity contribution is 0.252. The molecule has 0 saturated heterocycles. The Morgan fingerprint density at radius 1 is 1.04 bits per heavy atom. The standard InChI is InChI=1S/C19H21FO.2C2H6/c1-19-8-3-4-17(19)16-11-18(20)14-6-5-12(21-2)10-15(14)13(16)7-9-19;2*1-2/h5-6,10-11,17H,3-4,7-9H2,1-2H3;2*1-2H3. The molecule has 0 radical (unpaired) electrons. The fourth-order valence-electron chi connectivity index (χ4n) is 4.63. The highest BCUT2D eigenvalue weighted by Crippen LogP contribution is 2.56. The van der Waals surface area contributed by atoms with Crippen molar-refractivity contribution in [3.63, 3.8) is 0 Å². The van der Waals surface area contributed by atoms with Crippen LogP contribution in [0.4, 0.5) is 4.39 Å². The maximum atomic E-state index is 14.6. The van der Waals surface area contributed by atoms with Gasteiger partial charge in [-0.05, 0) is 77.8 Å². The normalized spacial score (nSPS) is 23.6. The second kappa shape index (κ2) is 8.21. The number of benzene rings is 2. The van der Waals surface area contributed by atoms with Gasteiger partial charge in [0.05, 0.1) is 7.11 Å². The van der Waals surface area contributed by atoms with Crippen LogP contribution in [0, 0.1) is 11.2 Å². The number of fused-ring (bicyclic) bond motifs is 5. The van der Waals surface area contributed by atoms with E-state index in [1.165, 1.54) is 36.8 Å². The molecule has 1 saturated carbocycles. The van der Waals surface area contributed by atoms with Gasteiger partial charge in [0.25, 0.3) is 0 Å². The highest BCUT2D eigenvalue weighted by Gasteiger charge is 2.43. The Balaban J connectivity index is 0.000000528. The van der Waals surface area contributed by atoms with Crippen molar-refractivity contribution in [1.82, 2.24) is 0 Å². The largest absolute Gasteiger partial charge is 0.497 e. The van der Waals surface area contributed by atoms with E-state index in [2.05, 4.69) is 6.92 Å². The van der Waals surface area contributed by atoms with Crippen molar-refractivity contribution >= 4 is 10.8 Å². The second-order valence-electron chi connectivity index (χ2n) is 6.94. The zero-order chi connectivity index (χ0) is 18.6. The van der Waals surface area contributed by atoms with E-state index in [9.17, 15) is 4.39 Å². The third-order valence-corrected chi connectivity index (χ3v) is 5.84. The van der Waals surface area contributed by atoms with Crippen LogP contribution in [0.3, 0.4) is 0 Å². The van der Waals surface area contributed by atoms with Crippen molar-refractivity contribution in [3.8, 4) is 5.75 Å². The molecule has 0 aromatic heterocycles. The molecule has 2 aliphatic carbocycles. The van der Waals surface area contributed by atoms with Gasteiger partial charge >= 0.3 is 0 Å². The molecule has 0 spiro atoms. The van der Waals surface area contributed by atoms with Gasteiger partial charge < -0.3 is 4.74 Å². The fourth-order valence-corrected chi connectivity index (χ4v) is 4.63. The minimum Gasteiger partial charge on any atom is -0.497 e. The van der Waals surface area contributed by atoms with Gasteiger partial charge in [-0.25, -0.2) is 4.39 Å².